The highest BCUT2D eigenvalue weighted by molar-refractivity contribution is 9.10. The Bertz CT molecular complexity index is 932. The van der Waals surface area contributed by atoms with Gasteiger partial charge in [-0.1, -0.05) is 24.1 Å². The molecule has 3 aromatic rings. The van der Waals surface area contributed by atoms with Crippen LogP contribution >= 0.6 is 38.9 Å². The first-order chi connectivity index (χ1) is 12.5. The minimum Gasteiger partial charge on any atom is -0.452 e. The Balaban J connectivity index is 1.77. The number of furan rings is 1. The Hall–Kier alpha value is -1.15. The third-order valence-electron chi connectivity index (χ3n) is 4.86. The normalized spacial score (nSPS) is 23.5. The van der Waals surface area contributed by atoms with Crippen LogP contribution in [0.4, 0.5) is 10.1 Å². The molecule has 1 saturated carbocycles. The SMILES string of the molecule is N[C@H]1CCCC[C@]1(F)c1oc2c(NCc3cccs3)cc(Cl)nc2c1Br. The summed E-state index contributed by atoms with van der Waals surface area (Å²) >= 11 is 11.3. The van der Waals surface area contributed by atoms with Gasteiger partial charge in [0.25, 0.3) is 0 Å². The van der Waals surface area contributed by atoms with Crippen molar-refractivity contribution in [2.24, 2.45) is 5.73 Å². The molecule has 0 radical (unpaired) electrons. The fraction of sp³-hybridized carbons (Fsp3) is 0.389. The summed E-state index contributed by atoms with van der Waals surface area (Å²) in [6, 6.07) is 5.14. The maximum Gasteiger partial charge on any atom is 0.184 e. The topological polar surface area (TPSA) is 64.1 Å². The number of hydrogen-bond donors (Lipinski definition) is 2. The number of pyridine rings is 1. The van der Waals surface area contributed by atoms with E-state index in [2.05, 4.69) is 26.2 Å². The summed E-state index contributed by atoms with van der Waals surface area (Å²) < 4.78 is 22.2. The molecule has 0 saturated heterocycles. The molecule has 8 heteroatoms. The highest BCUT2D eigenvalue weighted by atomic mass is 79.9. The second-order valence-electron chi connectivity index (χ2n) is 6.56. The third-order valence-corrected chi connectivity index (χ3v) is 6.66. The van der Waals surface area contributed by atoms with Crippen molar-refractivity contribution in [3.8, 4) is 0 Å². The van der Waals surface area contributed by atoms with E-state index >= 15 is 4.39 Å². The molecule has 4 nitrogen and oxygen atoms in total. The van der Waals surface area contributed by atoms with Crippen LogP contribution in [0.1, 0.15) is 36.3 Å². The Kier molecular flexibility index (Phi) is 4.98. The van der Waals surface area contributed by atoms with Gasteiger partial charge in [-0.05, 0) is 46.6 Å². The number of anilines is 1. The molecule has 0 amide bonds. The number of rotatable bonds is 4. The van der Waals surface area contributed by atoms with E-state index in [-0.39, 0.29) is 5.76 Å². The van der Waals surface area contributed by atoms with Gasteiger partial charge in [0.1, 0.15) is 10.7 Å². The Morgan fingerprint density at radius 2 is 2.35 bits per heavy atom. The predicted octanol–water partition coefficient (Wildman–Crippen LogP) is 5.98. The minimum absolute atomic E-state index is 0.216. The van der Waals surface area contributed by atoms with Crippen LogP contribution in [-0.4, -0.2) is 11.0 Å². The zero-order valence-corrected chi connectivity index (χ0v) is 17.1. The number of nitrogens with two attached hydrogens (primary N) is 1. The molecule has 1 fully saturated rings. The molecular formula is C18H18BrClFN3OS. The van der Waals surface area contributed by atoms with Gasteiger partial charge in [0.2, 0.25) is 0 Å². The van der Waals surface area contributed by atoms with Crippen LogP contribution in [0, 0.1) is 0 Å². The monoisotopic (exact) mass is 457 g/mol. The molecule has 1 aliphatic carbocycles. The lowest BCUT2D eigenvalue weighted by Gasteiger charge is -2.33. The van der Waals surface area contributed by atoms with E-state index in [1.165, 1.54) is 4.88 Å². The van der Waals surface area contributed by atoms with Gasteiger partial charge in [0.05, 0.1) is 10.2 Å². The minimum atomic E-state index is -1.70. The molecular weight excluding hydrogens is 441 g/mol. The van der Waals surface area contributed by atoms with Gasteiger partial charge in [-0.2, -0.15) is 0 Å². The maximum atomic E-state index is 15.7. The molecule has 138 valence electrons. The van der Waals surface area contributed by atoms with E-state index in [9.17, 15) is 0 Å². The predicted molar refractivity (Wildman–Crippen MR) is 108 cm³/mol. The van der Waals surface area contributed by atoms with Crippen molar-refractivity contribution in [3.05, 3.63) is 43.8 Å². The van der Waals surface area contributed by atoms with Crippen LogP contribution < -0.4 is 11.1 Å². The van der Waals surface area contributed by atoms with Crippen molar-refractivity contribution in [1.29, 1.82) is 0 Å². The summed E-state index contributed by atoms with van der Waals surface area (Å²) in [5.74, 6) is 0.216. The van der Waals surface area contributed by atoms with Crippen molar-refractivity contribution in [1.82, 2.24) is 4.98 Å². The average molecular weight is 459 g/mol. The van der Waals surface area contributed by atoms with Crippen LogP contribution in [0.3, 0.4) is 0 Å². The fourth-order valence-corrected chi connectivity index (χ4v) is 4.96. The average Bonchev–Trinajstić information content (AvgIpc) is 3.24. The number of fused-ring (bicyclic) bond motifs is 1. The highest BCUT2D eigenvalue weighted by Crippen LogP contribution is 2.47. The van der Waals surface area contributed by atoms with Crippen LogP contribution in [0.5, 0.6) is 0 Å². The van der Waals surface area contributed by atoms with Gasteiger partial charge in [-0.25, -0.2) is 9.37 Å². The summed E-state index contributed by atoms with van der Waals surface area (Å²) in [5.41, 5.74) is 6.10. The maximum absolute atomic E-state index is 15.7. The zero-order valence-electron chi connectivity index (χ0n) is 13.9. The summed E-state index contributed by atoms with van der Waals surface area (Å²) in [7, 11) is 0. The first kappa shape index (κ1) is 18.2. The van der Waals surface area contributed by atoms with E-state index in [0.29, 0.717) is 45.8 Å². The van der Waals surface area contributed by atoms with Crippen molar-refractivity contribution in [2.75, 3.05) is 5.32 Å². The smallest absolute Gasteiger partial charge is 0.184 e. The highest BCUT2D eigenvalue weighted by Gasteiger charge is 2.45. The van der Waals surface area contributed by atoms with Crippen molar-refractivity contribution >= 4 is 55.7 Å². The Morgan fingerprint density at radius 3 is 3.08 bits per heavy atom. The number of halogens is 3. The molecule has 3 aromatic heterocycles. The number of nitrogens with one attached hydrogen (secondary N) is 1. The first-order valence-corrected chi connectivity index (χ1v) is 10.5. The van der Waals surface area contributed by atoms with Gasteiger partial charge < -0.3 is 15.5 Å². The second-order valence-corrected chi connectivity index (χ2v) is 8.78. The van der Waals surface area contributed by atoms with Crippen LogP contribution in [-0.2, 0) is 12.2 Å². The molecule has 4 rings (SSSR count). The first-order valence-electron chi connectivity index (χ1n) is 8.49. The van der Waals surface area contributed by atoms with Gasteiger partial charge in [0, 0.05) is 23.5 Å². The van der Waals surface area contributed by atoms with Crippen LogP contribution in [0.2, 0.25) is 5.15 Å². The summed E-state index contributed by atoms with van der Waals surface area (Å²) in [4.78, 5) is 5.51. The Morgan fingerprint density at radius 1 is 1.50 bits per heavy atom. The van der Waals surface area contributed by atoms with Crippen molar-refractivity contribution in [2.45, 2.75) is 43.9 Å². The molecule has 0 unspecified atom stereocenters. The van der Waals surface area contributed by atoms with Gasteiger partial charge in [-0.15, -0.1) is 11.3 Å². The number of nitrogens with zero attached hydrogens (tertiary/aromatic N) is 1. The van der Waals surface area contributed by atoms with E-state index in [1.54, 1.807) is 17.4 Å². The largest absolute Gasteiger partial charge is 0.452 e. The molecule has 3 N–H and O–H groups in total. The quantitative estimate of drug-likeness (QED) is 0.472. The molecule has 0 aromatic carbocycles. The lowest BCUT2D eigenvalue weighted by atomic mass is 9.80. The van der Waals surface area contributed by atoms with Crippen LogP contribution in [0.15, 0.2) is 32.5 Å². The third kappa shape index (κ3) is 3.15. The zero-order chi connectivity index (χ0) is 18.3. The summed E-state index contributed by atoms with van der Waals surface area (Å²) in [5, 5.41) is 5.65. The van der Waals surface area contributed by atoms with E-state index in [4.69, 9.17) is 21.8 Å². The molecule has 2 atom stereocenters. The number of thiophene rings is 1. The van der Waals surface area contributed by atoms with Crippen molar-refractivity contribution < 1.29 is 8.81 Å². The van der Waals surface area contributed by atoms with E-state index < -0.39 is 11.7 Å². The van der Waals surface area contributed by atoms with Gasteiger partial charge in [-0.3, -0.25) is 0 Å². The fourth-order valence-electron chi connectivity index (χ4n) is 3.45. The second kappa shape index (κ2) is 7.11. The lowest BCUT2D eigenvalue weighted by Crippen LogP contribution is -2.44. The molecule has 0 bridgehead atoms. The molecule has 26 heavy (non-hydrogen) atoms. The molecule has 3 heterocycles. The van der Waals surface area contributed by atoms with E-state index in [0.717, 1.165) is 12.8 Å². The van der Waals surface area contributed by atoms with Gasteiger partial charge >= 0.3 is 0 Å². The molecule has 1 aliphatic rings. The number of aromatic nitrogens is 1. The number of alkyl halides is 1. The summed E-state index contributed by atoms with van der Waals surface area (Å²) in [6.07, 6.45) is 2.70. The number of hydrogen-bond acceptors (Lipinski definition) is 5. The Labute approximate surface area is 168 Å². The molecule has 0 spiro atoms. The van der Waals surface area contributed by atoms with Crippen molar-refractivity contribution in [3.63, 3.8) is 0 Å². The standard InChI is InChI=1S/C18H18BrClFN3OS/c19-14-15-16(25-17(14)18(21)6-2-1-5-12(18)22)11(8-13(20)24-15)23-9-10-4-3-7-26-10/h3-4,7-8,12H,1-2,5-6,9,22H2,(H,23,24)/t12-,18+/m0/s1. The molecule has 0 aliphatic heterocycles. The van der Waals surface area contributed by atoms with Gasteiger partial charge in [0.15, 0.2) is 17.0 Å². The van der Waals surface area contributed by atoms with Crippen LogP contribution in [0.25, 0.3) is 11.1 Å². The lowest BCUT2D eigenvalue weighted by molar-refractivity contribution is 0.0558. The van der Waals surface area contributed by atoms with E-state index in [1.807, 2.05) is 17.5 Å². The summed E-state index contributed by atoms with van der Waals surface area (Å²) in [6.45, 7) is 0.626.